The standard InChI is InChI=1S/C27H32N6O2S/c1-2-3-4-5-8-20-11-13-22(14-12-20)35-16-15-33-19-21(23-9-6-7-10-24(23)33)18-29-30-25(34)17-26-31-32-27(28)36-26/h6-7,9-14,18-19H,2-5,8,15-17H2,1H3,(H2,28,32)(H,30,34)/b29-18+. The molecule has 0 fully saturated rings. The number of carbonyl (C=O) groups is 1. The molecule has 2 aromatic carbocycles. The van der Waals surface area contributed by atoms with Crippen molar-refractivity contribution in [2.24, 2.45) is 5.10 Å². The smallest absolute Gasteiger partial charge is 0.247 e. The van der Waals surface area contributed by atoms with Crippen LogP contribution in [0, 0.1) is 0 Å². The van der Waals surface area contributed by atoms with Crippen molar-refractivity contribution in [3.8, 4) is 5.75 Å². The number of nitrogens with one attached hydrogen (secondary N) is 1. The fourth-order valence-electron chi connectivity index (χ4n) is 4.02. The zero-order valence-electron chi connectivity index (χ0n) is 20.5. The van der Waals surface area contributed by atoms with Gasteiger partial charge in [0.05, 0.1) is 19.2 Å². The van der Waals surface area contributed by atoms with Crippen LogP contribution in [0.25, 0.3) is 10.9 Å². The number of para-hydroxylation sites is 1. The number of nitrogen functional groups attached to an aromatic ring is 1. The van der Waals surface area contributed by atoms with Crippen molar-refractivity contribution in [2.75, 3.05) is 12.3 Å². The van der Waals surface area contributed by atoms with E-state index >= 15 is 0 Å². The third-order valence-electron chi connectivity index (χ3n) is 5.85. The third-order valence-corrected chi connectivity index (χ3v) is 6.60. The van der Waals surface area contributed by atoms with Gasteiger partial charge in [-0.05, 0) is 36.6 Å². The van der Waals surface area contributed by atoms with Gasteiger partial charge in [0.1, 0.15) is 17.4 Å². The lowest BCUT2D eigenvalue weighted by Gasteiger charge is -2.09. The van der Waals surface area contributed by atoms with Gasteiger partial charge in [0, 0.05) is 22.7 Å². The normalized spacial score (nSPS) is 11.4. The molecule has 4 rings (SSSR count). The second kappa shape index (κ2) is 12.8. The number of nitrogens with two attached hydrogens (primary N) is 1. The number of unbranched alkanes of at least 4 members (excludes halogenated alkanes) is 3. The Kier molecular flexibility index (Phi) is 9.04. The largest absolute Gasteiger partial charge is 0.492 e. The van der Waals surface area contributed by atoms with Crippen LogP contribution in [-0.4, -0.2) is 33.5 Å². The Labute approximate surface area is 215 Å². The maximum Gasteiger partial charge on any atom is 0.247 e. The number of ether oxygens (including phenoxy) is 1. The number of nitrogens with zero attached hydrogens (tertiary/aromatic N) is 4. The monoisotopic (exact) mass is 504 g/mol. The zero-order chi connectivity index (χ0) is 25.2. The van der Waals surface area contributed by atoms with Crippen LogP contribution in [0.4, 0.5) is 5.13 Å². The highest BCUT2D eigenvalue weighted by Gasteiger charge is 2.09. The molecule has 0 saturated heterocycles. The lowest BCUT2D eigenvalue weighted by Crippen LogP contribution is -2.19. The fraction of sp³-hybridized carbons (Fsp3) is 0.333. The molecular formula is C27H32N6O2S. The summed E-state index contributed by atoms with van der Waals surface area (Å²) in [6.45, 7) is 3.48. The lowest BCUT2D eigenvalue weighted by molar-refractivity contribution is -0.120. The van der Waals surface area contributed by atoms with Gasteiger partial charge in [-0.2, -0.15) is 5.10 Å². The van der Waals surface area contributed by atoms with Crippen molar-refractivity contribution in [1.29, 1.82) is 0 Å². The number of hydrogen-bond acceptors (Lipinski definition) is 7. The van der Waals surface area contributed by atoms with Crippen LogP contribution in [0.1, 0.15) is 48.7 Å². The first-order valence-electron chi connectivity index (χ1n) is 12.3. The number of hydrazone groups is 1. The molecule has 0 atom stereocenters. The summed E-state index contributed by atoms with van der Waals surface area (Å²) in [4.78, 5) is 12.1. The van der Waals surface area contributed by atoms with E-state index in [1.165, 1.54) is 42.6 Å². The summed E-state index contributed by atoms with van der Waals surface area (Å²) >= 11 is 1.19. The summed E-state index contributed by atoms with van der Waals surface area (Å²) < 4.78 is 8.15. The topological polar surface area (TPSA) is 107 Å². The molecule has 1 amide bonds. The van der Waals surface area contributed by atoms with E-state index in [4.69, 9.17) is 10.5 Å². The summed E-state index contributed by atoms with van der Waals surface area (Å²) in [6, 6.07) is 16.5. The van der Waals surface area contributed by atoms with Crippen LogP contribution >= 0.6 is 11.3 Å². The Bertz CT molecular complexity index is 1300. The Morgan fingerprint density at radius 1 is 1.14 bits per heavy atom. The molecule has 0 bridgehead atoms. The average Bonchev–Trinajstić information content (AvgIpc) is 3.46. The van der Waals surface area contributed by atoms with Crippen LogP contribution < -0.4 is 15.9 Å². The van der Waals surface area contributed by atoms with Gasteiger partial charge in [0.25, 0.3) is 0 Å². The summed E-state index contributed by atoms with van der Waals surface area (Å²) in [6.07, 6.45) is 9.98. The van der Waals surface area contributed by atoms with Gasteiger partial charge in [0.2, 0.25) is 11.0 Å². The number of amides is 1. The second-order valence-corrected chi connectivity index (χ2v) is 9.70. The summed E-state index contributed by atoms with van der Waals surface area (Å²) in [5.41, 5.74) is 11.5. The molecular weight excluding hydrogens is 472 g/mol. The van der Waals surface area contributed by atoms with Crippen molar-refractivity contribution in [2.45, 2.75) is 52.0 Å². The second-order valence-electron chi connectivity index (χ2n) is 8.60. The number of anilines is 1. The fourth-order valence-corrected chi connectivity index (χ4v) is 4.63. The third kappa shape index (κ3) is 7.14. The van der Waals surface area contributed by atoms with Crippen molar-refractivity contribution in [3.63, 3.8) is 0 Å². The van der Waals surface area contributed by atoms with Crippen molar-refractivity contribution < 1.29 is 9.53 Å². The lowest BCUT2D eigenvalue weighted by atomic mass is 10.1. The highest BCUT2D eigenvalue weighted by molar-refractivity contribution is 7.15. The van der Waals surface area contributed by atoms with Gasteiger partial charge < -0.3 is 15.0 Å². The summed E-state index contributed by atoms with van der Waals surface area (Å²) in [5.74, 6) is 0.608. The van der Waals surface area contributed by atoms with E-state index < -0.39 is 0 Å². The molecule has 4 aromatic rings. The van der Waals surface area contributed by atoms with E-state index in [0.29, 0.717) is 23.3 Å². The molecule has 0 aliphatic heterocycles. The maximum absolute atomic E-state index is 12.1. The minimum Gasteiger partial charge on any atom is -0.492 e. The summed E-state index contributed by atoms with van der Waals surface area (Å²) in [7, 11) is 0. The molecule has 188 valence electrons. The molecule has 8 nitrogen and oxygen atoms in total. The summed E-state index contributed by atoms with van der Waals surface area (Å²) in [5, 5.41) is 13.6. The Balaban J connectivity index is 1.31. The highest BCUT2D eigenvalue weighted by Crippen LogP contribution is 2.21. The number of aryl methyl sites for hydroxylation is 1. The number of benzene rings is 2. The van der Waals surface area contributed by atoms with E-state index in [9.17, 15) is 4.79 Å². The minimum absolute atomic E-state index is 0.0884. The van der Waals surface area contributed by atoms with Gasteiger partial charge >= 0.3 is 0 Å². The minimum atomic E-state index is -0.272. The van der Waals surface area contributed by atoms with E-state index in [2.05, 4.69) is 62.5 Å². The molecule has 36 heavy (non-hydrogen) atoms. The number of carbonyl (C=O) groups excluding carboxylic acids is 1. The van der Waals surface area contributed by atoms with E-state index in [1.807, 2.05) is 24.4 Å². The number of aromatic nitrogens is 3. The zero-order valence-corrected chi connectivity index (χ0v) is 21.3. The number of hydrogen-bond donors (Lipinski definition) is 2. The maximum atomic E-state index is 12.1. The predicted octanol–water partition coefficient (Wildman–Crippen LogP) is 4.97. The molecule has 0 aliphatic rings. The van der Waals surface area contributed by atoms with Crippen LogP contribution in [0.15, 0.2) is 59.8 Å². The Hall–Kier alpha value is -3.72. The SMILES string of the molecule is CCCCCCc1ccc(OCCn2cc(/C=N/NC(=O)Cc3nnc(N)s3)c3ccccc32)cc1. The molecule has 2 aromatic heterocycles. The number of fused-ring (bicyclic) bond motifs is 1. The van der Waals surface area contributed by atoms with E-state index in [-0.39, 0.29) is 12.3 Å². The molecule has 0 unspecified atom stereocenters. The molecule has 0 spiro atoms. The van der Waals surface area contributed by atoms with Gasteiger partial charge in [0.15, 0.2) is 0 Å². The van der Waals surface area contributed by atoms with Crippen LogP contribution in [0.3, 0.4) is 0 Å². The average molecular weight is 505 g/mol. The Morgan fingerprint density at radius 3 is 2.75 bits per heavy atom. The van der Waals surface area contributed by atoms with Gasteiger partial charge in [-0.3, -0.25) is 4.79 Å². The predicted molar refractivity (Wildman–Crippen MR) is 145 cm³/mol. The first-order chi connectivity index (χ1) is 17.6. The van der Waals surface area contributed by atoms with Crippen molar-refractivity contribution >= 4 is 39.5 Å². The Morgan fingerprint density at radius 2 is 1.97 bits per heavy atom. The van der Waals surface area contributed by atoms with Crippen LogP contribution in [-0.2, 0) is 24.2 Å². The quantitative estimate of drug-likeness (QED) is 0.152. The molecule has 9 heteroatoms. The number of rotatable bonds is 13. The molecule has 0 saturated carbocycles. The molecule has 2 heterocycles. The van der Waals surface area contributed by atoms with Gasteiger partial charge in [-0.1, -0.05) is 67.9 Å². The molecule has 0 radical (unpaired) electrons. The molecule has 3 N–H and O–H groups in total. The van der Waals surface area contributed by atoms with Crippen LogP contribution in [0.2, 0.25) is 0 Å². The van der Waals surface area contributed by atoms with Crippen LogP contribution in [0.5, 0.6) is 5.75 Å². The van der Waals surface area contributed by atoms with E-state index in [0.717, 1.165) is 28.6 Å². The van der Waals surface area contributed by atoms with Gasteiger partial charge in [-0.15, -0.1) is 10.2 Å². The van der Waals surface area contributed by atoms with Crippen molar-refractivity contribution in [1.82, 2.24) is 20.2 Å². The highest BCUT2D eigenvalue weighted by atomic mass is 32.1. The van der Waals surface area contributed by atoms with Crippen molar-refractivity contribution in [3.05, 3.63) is 70.9 Å². The first-order valence-corrected chi connectivity index (χ1v) is 13.1. The first kappa shape index (κ1) is 25.4. The van der Waals surface area contributed by atoms with E-state index in [1.54, 1.807) is 6.21 Å². The molecule has 0 aliphatic carbocycles. The van der Waals surface area contributed by atoms with Gasteiger partial charge in [-0.25, -0.2) is 5.43 Å².